The lowest BCUT2D eigenvalue weighted by Crippen LogP contribution is -2.54. The number of aryl methyl sites for hydroxylation is 1. The van der Waals surface area contributed by atoms with Crippen molar-refractivity contribution in [2.45, 2.75) is 18.3 Å². The molecule has 4 aromatic carbocycles. The Labute approximate surface area is 230 Å². The lowest BCUT2D eigenvalue weighted by atomic mass is 9.47. The van der Waals surface area contributed by atoms with Gasteiger partial charge in [-0.15, -0.1) is 0 Å². The number of carbonyl (C=O) groups is 3. The van der Waals surface area contributed by atoms with Gasteiger partial charge in [-0.25, -0.2) is 10.3 Å². The molecule has 0 spiro atoms. The number of hydrogen-bond donors (Lipinski definition) is 2. The fraction of sp³-hybridized carbons (Fsp3) is 0.152. The summed E-state index contributed by atoms with van der Waals surface area (Å²) in [7, 11) is 0. The molecule has 2 atom stereocenters. The lowest BCUT2D eigenvalue weighted by Gasteiger charge is -2.52. The third kappa shape index (κ3) is 3.18. The van der Waals surface area contributed by atoms with Gasteiger partial charge in [0.2, 0.25) is 11.8 Å². The van der Waals surface area contributed by atoms with Crippen molar-refractivity contribution in [3.05, 3.63) is 130 Å². The minimum atomic E-state index is -1.09. The van der Waals surface area contributed by atoms with E-state index in [0.29, 0.717) is 5.69 Å². The Balaban J connectivity index is 1.41. The van der Waals surface area contributed by atoms with Crippen molar-refractivity contribution in [2.75, 3.05) is 4.90 Å². The molecule has 4 aromatic rings. The first-order valence-electron chi connectivity index (χ1n) is 13.2. The number of nitrogens with one attached hydrogen (secondary N) is 1. The van der Waals surface area contributed by atoms with E-state index in [0.717, 1.165) is 27.8 Å². The van der Waals surface area contributed by atoms with E-state index in [1.165, 1.54) is 17.0 Å². The summed E-state index contributed by atoms with van der Waals surface area (Å²) < 4.78 is 0. The highest BCUT2D eigenvalue weighted by atomic mass is 16.3. The molecule has 2 N–H and O–H groups in total. The van der Waals surface area contributed by atoms with E-state index in [4.69, 9.17) is 0 Å². The van der Waals surface area contributed by atoms with Crippen LogP contribution in [0.5, 0.6) is 5.75 Å². The molecule has 8 rings (SSSR count). The largest absolute Gasteiger partial charge is 0.507 e. The van der Waals surface area contributed by atoms with Crippen molar-refractivity contribution in [3.63, 3.8) is 0 Å². The number of rotatable bonds is 4. The molecule has 0 saturated carbocycles. The molecule has 3 aliphatic carbocycles. The van der Waals surface area contributed by atoms with Crippen LogP contribution >= 0.6 is 0 Å². The summed E-state index contributed by atoms with van der Waals surface area (Å²) in [6, 6.07) is 29.3. The van der Waals surface area contributed by atoms with Crippen LogP contribution in [0.4, 0.5) is 5.69 Å². The SMILES string of the molecule is Cc1ccc(N2C(=O)[C@@H]3C4c5ccccc5C(/C=N/NC(=O)c5ccccc5O)(c5ccccc54)[C@@H]3C2=O)cc1. The Morgan fingerprint density at radius 1 is 0.850 bits per heavy atom. The van der Waals surface area contributed by atoms with E-state index in [2.05, 4.69) is 10.5 Å². The molecule has 3 amide bonds. The van der Waals surface area contributed by atoms with Crippen LogP contribution in [0.25, 0.3) is 0 Å². The first kappa shape index (κ1) is 24.0. The highest BCUT2D eigenvalue weighted by molar-refractivity contribution is 6.25. The number of hydrogen-bond acceptors (Lipinski definition) is 5. The van der Waals surface area contributed by atoms with E-state index in [1.807, 2.05) is 67.6 Å². The molecular formula is C33H25N3O4. The minimum Gasteiger partial charge on any atom is -0.507 e. The number of phenols is 1. The van der Waals surface area contributed by atoms with E-state index in [-0.39, 0.29) is 29.0 Å². The second-order valence-electron chi connectivity index (χ2n) is 10.6. The molecular weight excluding hydrogens is 502 g/mol. The van der Waals surface area contributed by atoms with Crippen LogP contribution in [0.3, 0.4) is 0 Å². The van der Waals surface area contributed by atoms with E-state index in [9.17, 15) is 19.5 Å². The number of para-hydroxylation sites is 1. The highest BCUT2D eigenvalue weighted by Gasteiger charge is 2.68. The van der Waals surface area contributed by atoms with Crippen LogP contribution in [-0.4, -0.2) is 29.0 Å². The predicted octanol–water partition coefficient (Wildman–Crippen LogP) is 4.67. The monoisotopic (exact) mass is 527 g/mol. The Hall–Kier alpha value is -5.04. The molecule has 196 valence electrons. The van der Waals surface area contributed by atoms with Gasteiger partial charge < -0.3 is 5.11 Å². The van der Waals surface area contributed by atoms with Gasteiger partial charge in [0.05, 0.1) is 28.5 Å². The lowest BCUT2D eigenvalue weighted by molar-refractivity contribution is -0.122. The zero-order valence-corrected chi connectivity index (χ0v) is 21.6. The van der Waals surface area contributed by atoms with Crippen LogP contribution < -0.4 is 10.3 Å². The summed E-state index contributed by atoms with van der Waals surface area (Å²) in [5, 5.41) is 14.5. The molecule has 0 unspecified atom stereocenters. The summed E-state index contributed by atoms with van der Waals surface area (Å²) in [4.78, 5) is 42.7. The normalized spacial score (nSPS) is 24.1. The standard InChI is InChI=1S/C33H25N3O4/c1-19-14-16-20(17-15-19)36-31(39)28-27-21-8-2-5-11-24(21)33(29(28)32(36)40,25-12-6-3-9-22(25)27)18-34-35-30(38)23-10-4-7-13-26(23)37/h2-18,27-29,37H,1H3,(H,35,38)/b34-18+/t27?,28-,29+,33?/m1/s1. The molecule has 0 aromatic heterocycles. The second kappa shape index (κ2) is 8.74. The average Bonchev–Trinajstić information content (AvgIpc) is 3.24. The Morgan fingerprint density at radius 3 is 2.10 bits per heavy atom. The van der Waals surface area contributed by atoms with Gasteiger partial charge >= 0.3 is 0 Å². The topological polar surface area (TPSA) is 99.1 Å². The Kier molecular flexibility index (Phi) is 5.25. The van der Waals surface area contributed by atoms with Crippen molar-refractivity contribution in [2.24, 2.45) is 16.9 Å². The number of hydrazone groups is 1. The fourth-order valence-corrected chi connectivity index (χ4v) is 6.92. The van der Waals surface area contributed by atoms with Gasteiger partial charge in [0.1, 0.15) is 5.75 Å². The summed E-state index contributed by atoms with van der Waals surface area (Å²) in [5.41, 5.74) is 6.86. The van der Waals surface area contributed by atoms with Gasteiger partial charge in [0.25, 0.3) is 5.91 Å². The van der Waals surface area contributed by atoms with Crippen molar-refractivity contribution < 1.29 is 19.5 Å². The molecule has 2 bridgehead atoms. The number of amides is 3. The van der Waals surface area contributed by atoms with Crippen molar-refractivity contribution in [1.29, 1.82) is 0 Å². The molecule has 1 heterocycles. The highest BCUT2D eigenvalue weighted by Crippen LogP contribution is 2.63. The minimum absolute atomic E-state index is 0.0841. The van der Waals surface area contributed by atoms with Crippen LogP contribution in [-0.2, 0) is 15.0 Å². The first-order valence-corrected chi connectivity index (χ1v) is 13.2. The first-order chi connectivity index (χ1) is 19.4. The fourth-order valence-electron chi connectivity index (χ4n) is 6.92. The number of benzene rings is 4. The second-order valence-corrected chi connectivity index (χ2v) is 10.6. The van der Waals surface area contributed by atoms with Crippen LogP contribution in [0.1, 0.15) is 44.1 Å². The summed E-state index contributed by atoms with van der Waals surface area (Å²) >= 11 is 0. The molecule has 4 aliphatic rings. The number of imide groups is 1. The van der Waals surface area contributed by atoms with Gasteiger partial charge in [0, 0.05) is 12.1 Å². The summed E-state index contributed by atoms with van der Waals surface area (Å²) in [6.45, 7) is 1.96. The maximum absolute atomic E-state index is 14.3. The molecule has 40 heavy (non-hydrogen) atoms. The van der Waals surface area contributed by atoms with Crippen LogP contribution in [0.15, 0.2) is 102 Å². The Bertz CT molecular complexity index is 1700. The number of anilines is 1. The number of carbonyl (C=O) groups excluding carboxylic acids is 3. The maximum atomic E-state index is 14.3. The van der Waals surface area contributed by atoms with E-state index in [1.54, 1.807) is 30.5 Å². The van der Waals surface area contributed by atoms with Gasteiger partial charge in [-0.05, 0) is 53.4 Å². The Morgan fingerprint density at radius 2 is 1.45 bits per heavy atom. The number of aromatic hydroxyl groups is 1. The summed E-state index contributed by atoms with van der Waals surface area (Å²) in [6.07, 6.45) is 1.61. The van der Waals surface area contributed by atoms with Gasteiger partial charge in [-0.3, -0.25) is 14.4 Å². The molecule has 7 heteroatoms. The number of nitrogens with zero attached hydrogens (tertiary/aromatic N) is 2. The molecule has 0 radical (unpaired) electrons. The van der Waals surface area contributed by atoms with E-state index >= 15 is 0 Å². The molecule has 1 fully saturated rings. The third-order valence-electron chi connectivity index (χ3n) is 8.56. The maximum Gasteiger partial charge on any atom is 0.275 e. The summed E-state index contributed by atoms with van der Waals surface area (Å²) in [5.74, 6) is -2.91. The quantitative estimate of drug-likeness (QED) is 0.229. The van der Waals surface area contributed by atoms with Gasteiger partial charge in [0.15, 0.2) is 0 Å². The molecule has 7 nitrogen and oxygen atoms in total. The smallest absolute Gasteiger partial charge is 0.275 e. The molecule has 1 aliphatic heterocycles. The van der Waals surface area contributed by atoms with Crippen molar-refractivity contribution in [1.82, 2.24) is 5.43 Å². The van der Waals surface area contributed by atoms with Crippen molar-refractivity contribution >= 4 is 29.6 Å². The average molecular weight is 528 g/mol. The molecule has 1 saturated heterocycles. The third-order valence-corrected chi connectivity index (χ3v) is 8.56. The number of phenolic OH excluding ortho intramolecular Hbond substituents is 1. The van der Waals surface area contributed by atoms with Gasteiger partial charge in [-0.2, -0.15) is 5.10 Å². The zero-order valence-electron chi connectivity index (χ0n) is 21.6. The predicted molar refractivity (Wildman–Crippen MR) is 150 cm³/mol. The van der Waals surface area contributed by atoms with Gasteiger partial charge in [-0.1, -0.05) is 78.4 Å². The van der Waals surface area contributed by atoms with Crippen LogP contribution in [0, 0.1) is 18.8 Å². The zero-order chi connectivity index (χ0) is 27.6. The van der Waals surface area contributed by atoms with Crippen molar-refractivity contribution in [3.8, 4) is 5.75 Å². The van der Waals surface area contributed by atoms with Crippen LogP contribution in [0.2, 0.25) is 0 Å². The van der Waals surface area contributed by atoms with E-state index < -0.39 is 23.2 Å².